The summed E-state index contributed by atoms with van der Waals surface area (Å²) in [7, 11) is 9.57. The van der Waals surface area contributed by atoms with Gasteiger partial charge in [-0.3, -0.25) is 4.79 Å². The summed E-state index contributed by atoms with van der Waals surface area (Å²) >= 11 is 0. The fraction of sp³-hybridized carbons (Fsp3) is 0.512. The van der Waals surface area contributed by atoms with Gasteiger partial charge in [0.1, 0.15) is 17.9 Å². The molecule has 1 amide bonds. The van der Waals surface area contributed by atoms with Gasteiger partial charge in [0.2, 0.25) is 11.7 Å². The van der Waals surface area contributed by atoms with Crippen LogP contribution in [0.5, 0.6) is 34.5 Å². The molecule has 5 rings (SSSR count). The van der Waals surface area contributed by atoms with E-state index in [9.17, 15) is 9.59 Å². The standard InChI is InChI=1S/C41H53NO9/c1-45-31-16-12-15-29(24-31)33(20-18-27-19-21-34(46-2)35(23-27)47-3)51-41(44)32-17-10-11-22-42(32)40(43)38(28-13-8-7-9-14-28)30-25-36(48-4)39(50-6)37(26-30)49-5/h12,15-16,19,21,23-26,28,32-33,38H,7-11,13-14,17-18,20,22H2,1-6H3/t32-,33+,38-/m0/s1. The molecule has 1 heterocycles. The average molecular weight is 704 g/mol. The molecule has 51 heavy (non-hydrogen) atoms. The van der Waals surface area contributed by atoms with E-state index in [-0.39, 0.29) is 11.8 Å². The molecule has 2 aliphatic rings. The van der Waals surface area contributed by atoms with Crippen molar-refractivity contribution in [2.24, 2.45) is 5.92 Å². The van der Waals surface area contributed by atoms with E-state index in [0.717, 1.165) is 61.6 Å². The van der Waals surface area contributed by atoms with Gasteiger partial charge in [-0.05, 0) is 104 Å². The van der Waals surface area contributed by atoms with E-state index in [4.69, 9.17) is 33.2 Å². The zero-order valence-electron chi connectivity index (χ0n) is 30.9. The van der Waals surface area contributed by atoms with Crippen molar-refractivity contribution in [3.05, 3.63) is 71.3 Å². The number of ether oxygens (including phenoxy) is 7. The normalized spacial score (nSPS) is 17.5. The molecule has 2 fully saturated rings. The Labute approximate surface area is 302 Å². The minimum Gasteiger partial charge on any atom is -0.497 e. The van der Waals surface area contributed by atoms with E-state index in [2.05, 4.69) is 0 Å². The van der Waals surface area contributed by atoms with Crippen LogP contribution in [0.4, 0.5) is 0 Å². The Morgan fingerprint density at radius 1 is 0.686 bits per heavy atom. The van der Waals surface area contributed by atoms with Crippen LogP contribution in [0.2, 0.25) is 0 Å². The number of carbonyl (C=O) groups is 2. The van der Waals surface area contributed by atoms with Crippen LogP contribution in [-0.4, -0.2) is 72.0 Å². The summed E-state index contributed by atoms with van der Waals surface area (Å²) in [4.78, 5) is 31.0. The number of hydrogen-bond acceptors (Lipinski definition) is 9. The van der Waals surface area contributed by atoms with Crippen molar-refractivity contribution in [3.8, 4) is 34.5 Å². The highest BCUT2D eigenvalue weighted by Crippen LogP contribution is 2.45. The van der Waals surface area contributed by atoms with E-state index in [0.29, 0.717) is 60.3 Å². The second kappa shape index (κ2) is 18.1. The number of nitrogens with zero attached hydrogens (tertiary/aromatic N) is 1. The van der Waals surface area contributed by atoms with Crippen molar-refractivity contribution in [3.63, 3.8) is 0 Å². The molecule has 1 saturated heterocycles. The molecular weight excluding hydrogens is 650 g/mol. The lowest BCUT2D eigenvalue weighted by atomic mass is 9.75. The summed E-state index contributed by atoms with van der Waals surface area (Å²) < 4.78 is 39.9. The number of aryl methyl sites for hydroxylation is 1. The van der Waals surface area contributed by atoms with Crippen molar-refractivity contribution in [1.82, 2.24) is 4.90 Å². The van der Waals surface area contributed by atoms with Crippen molar-refractivity contribution < 1.29 is 42.7 Å². The molecule has 0 bridgehead atoms. The molecule has 276 valence electrons. The number of likely N-dealkylation sites (tertiary alicyclic amines) is 1. The molecule has 0 unspecified atom stereocenters. The molecule has 1 aliphatic heterocycles. The van der Waals surface area contributed by atoms with Gasteiger partial charge >= 0.3 is 5.97 Å². The number of benzene rings is 3. The van der Waals surface area contributed by atoms with Gasteiger partial charge in [-0.15, -0.1) is 0 Å². The Morgan fingerprint density at radius 2 is 1.37 bits per heavy atom. The van der Waals surface area contributed by atoms with Crippen molar-refractivity contribution in [2.75, 3.05) is 49.2 Å². The summed E-state index contributed by atoms with van der Waals surface area (Å²) in [5.74, 6) is 2.67. The smallest absolute Gasteiger partial charge is 0.329 e. The fourth-order valence-electron chi connectivity index (χ4n) is 7.67. The van der Waals surface area contributed by atoms with Gasteiger partial charge in [0, 0.05) is 6.54 Å². The highest BCUT2D eigenvalue weighted by atomic mass is 16.5. The summed E-state index contributed by atoms with van der Waals surface area (Å²) in [6.07, 6.45) is 7.91. The summed E-state index contributed by atoms with van der Waals surface area (Å²) in [5.41, 5.74) is 2.66. The van der Waals surface area contributed by atoms with Crippen LogP contribution in [0.1, 0.15) is 86.5 Å². The highest BCUT2D eigenvalue weighted by Gasteiger charge is 2.41. The van der Waals surface area contributed by atoms with E-state index < -0.39 is 24.0 Å². The van der Waals surface area contributed by atoms with E-state index >= 15 is 0 Å². The molecule has 3 aromatic rings. The first-order valence-corrected chi connectivity index (χ1v) is 18.0. The number of esters is 1. The monoisotopic (exact) mass is 703 g/mol. The number of carbonyl (C=O) groups excluding carboxylic acids is 2. The number of amides is 1. The van der Waals surface area contributed by atoms with Crippen LogP contribution < -0.4 is 28.4 Å². The van der Waals surface area contributed by atoms with Crippen LogP contribution in [0.25, 0.3) is 0 Å². The third-order valence-electron chi connectivity index (χ3n) is 10.4. The summed E-state index contributed by atoms with van der Waals surface area (Å²) in [6.45, 7) is 0.488. The topological polar surface area (TPSA) is 102 Å². The molecule has 0 aromatic heterocycles. The Bertz CT molecular complexity index is 1590. The maximum atomic E-state index is 14.9. The maximum Gasteiger partial charge on any atom is 0.329 e. The Balaban J connectivity index is 1.44. The van der Waals surface area contributed by atoms with Crippen LogP contribution in [0, 0.1) is 5.92 Å². The summed E-state index contributed by atoms with van der Waals surface area (Å²) in [6, 6.07) is 16.5. The van der Waals surface area contributed by atoms with Crippen LogP contribution in [0.15, 0.2) is 54.6 Å². The van der Waals surface area contributed by atoms with Gasteiger partial charge in [0.15, 0.2) is 23.0 Å². The lowest BCUT2D eigenvalue weighted by molar-refractivity contribution is -0.163. The first kappa shape index (κ1) is 37.7. The molecule has 1 aliphatic carbocycles. The molecular formula is C41H53NO9. The molecule has 10 heteroatoms. The zero-order valence-corrected chi connectivity index (χ0v) is 30.9. The van der Waals surface area contributed by atoms with Gasteiger partial charge in [-0.25, -0.2) is 4.79 Å². The molecule has 0 radical (unpaired) electrons. The van der Waals surface area contributed by atoms with E-state index in [1.807, 2.05) is 54.6 Å². The number of piperidine rings is 1. The highest BCUT2D eigenvalue weighted by molar-refractivity contribution is 5.89. The quantitative estimate of drug-likeness (QED) is 0.147. The third-order valence-corrected chi connectivity index (χ3v) is 10.4. The van der Waals surface area contributed by atoms with Gasteiger partial charge in [0.25, 0.3) is 0 Å². The Morgan fingerprint density at radius 3 is 2.02 bits per heavy atom. The maximum absolute atomic E-state index is 14.9. The van der Waals surface area contributed by atoms with Crippen LogP contribution in [0.3, 0.4) is 0 Å². The number of methoxy groups -OCH3 is 6. The van der Waals surface area contributed by atoms with Crippen LogP contribution in [-0.2, 0) is 20.7 Å². The Hall–Kier alpha value is -4.60. The molecule has 3 atom stereocenters. The predicted molar refractivity (Wildman–Crippen MR) is 194 cm³/mol. The van der Waals surface area contributed by atoms with Gasteiger partial charge < -0.3 is 38.1 Å². The Kier molecular flexibility index (Phi) is 13.3. The summed E-state index contributed by atoms with van der Waals surface area (Å²) in [5, 5.41) is 0. The molecule has 0 spiro atoms. The minimum absolute atomic E-state index is 0.0546. The molecule has 10 nitrogen and oxygen atoms in total. The van der Waals surface area contributed by atoms with Crippen molar-refractivity contribution >= 4 is 11.9 Å². The van der Waals surface area contributed by atoms with E-state index in [1.54, 1.807) is 47.6 Å². The zero-order chi connectivity index (χ0) is 36.3. The largest absolute Gasteiger partial charge is 0.497 e. The SMILES string of the molecule is COc1cccc([C@@H](CCc2ccc(OC)c(OC)c2)OC(=O)[C@@H]2CCCCN2C(=O)[C@H](c2cc(OC)c(OC)c(OC)c2)C2CCCCC2)c1. The lowest BCUT2D eigenvalue weighted by Gasteiger charge is -2.40. The lowest BCUT2D eigenvalue weighted by Crippen LogP contribution is -2.51. The van der Waals surface area contributed by atoms with E-state index in [1.165, 1.54) is 0 Å². The van der Waals surface area contributed by atoms with Gasteiger partial charge in [-0.2, -0.15) is 0 Å². The average Bonchev–Trinajstić information content (AvgIpc) is 3.19. The predicted octanol–water partition coefficient (Wildman–Crippen LogP) is 7.70. The molecule has 1 saturated carbocycles. The van der Waals surface area contributed by atoms with Crippen molar-refractivity contribution in [1.29, 1.82) is 0 Å². The van der Waals surface area contributed by atoms with Crippen molar-refractivity contribution in [2.45, 2.75) is 82.3 Å². The number of hydrogen-bond donors (Lipinski definition) is 0. The first-order chi connectivity index (χ1) is 24.8. The van der Waals surface area contributed by atoms with Gasteiger partial charge in [0.05, 0.1) is 48.6 Å². The van der Waals surface area contributed by atoms with Crippen LogP contribution >= 0.6 is 0 Å². The second-order valence-corrected chi connectivity index (χ2v) is 13.3. The molecule has 0 N–H and O–H groups in total. The van der Waals surface area contributed by atoms with Gasteiger partial charge in [-0.1, -0.05) is 37.5 Å². The fourth-order valence-corrected chi connectivity index (χ4v) is 7.67. The second-order valence-electron chi connectivity index (χ2n) is 13.3. The minimum atomic E-state index is -0.700. The third kappa shape index (κ3) is 8.83. The molecule has 3 aromatic carbocycles. The number of rotatable bonds is 15. The first-order valence-electron chi connectivity index (χ1n) is 18.0.